The zero-order valence-corrected chi connectivity index (χ0v) is 17.8. The molecule has 1 aromatic heterocycles. The second-order valence-electron chi connectivity index (χ2n) is 7.39. The van der Waals surface area contributed by atoms with Gasteiger partial charge < -0.3 is 20.2 Å². The van der Waals surface area contributed by atoms with Gasteiger partial charge in [-0.3, -0.25) is 10.1 Å². The van der Waals surface area contributed by atoms with Gasteiger partial charge >= 0.3 is 12.0 Å². The first-order valence-corrected chi connectivity index (χ1v) is 9.43. The van der Waals surface area contributed by atoms with Crippen molar-refractivity contribution in [2.75, 3.05) is 11.9 Å². The van der Waals surface area contributed by atoms with Crippen LogP contribution in [0.15, 0.2) is 35.3 Å². The summed E-state index contributed by atoms with van der Waals surface area (Å²) in [6, 6.07) is 7.01. The molecule has 30 heavy (non-hydrogen) atoms. The van der Waals surface area contributed by atoms with Crippen molar-refractivity contribution in [3.63, 3.8) is 0 Å². The molecule has 0 bridgehead atoms. The van der Waals surface area contributed by atoms with E-state index >= 15 is 0 Å². The van der Waals surface area contributed by atoms with Gasteiger partial charge in [0.1, 0.15) is 16.9 Å². The lowest BCUT2D eigenvalue weighted by Crippen LogP contribution is -2.43. The number of ether oxygens (including phenoxy) is 1. The van der Waals surface area contributed by atoms with E-state index in [1.165, 1.54) is 6.92 Å². The molecule has 0 spiro atoms. The number of hydrogen-bond acceptors (Lipinski definition) is 5. The van der Waals surface area contributed by atoms with Gasteiger partial charge in [-0.15, -0.1) is 0 Å². The largest absolute Gasteiger partial charge is 0.462 e. The maximum Gasteiger partial charge on any atom is 0.342 e. The fraction of sp³-hybridized carbons (Fsp3) is 0.318. The van der Waals surface area contributed by atoms with Gasteiger partial charge in [-0.25, -0.2) is 9.59 Å². The van der Waals surface area contributed by atoms with Crippen molar-refractivity contribution in [2.24, 2.45) is 5.73 Å². The molecule has 4 N–H and O–H groups in total. The Bertz CT molecular complexity index is 1000. The Morgan fingerprint density at radius 1 is 1.23 bits per heavy atom. The summed E-state index contributed by atoms with van der Waals surface area (Å²) in [7, 11) is 0. The fourth-order valence-electron chi connectivity index (χ4n) is 2.98. The summed E-state index contributed by atoms with van der Waals surface area (Å²) < 4.78 is 10.4. The molecule has 2 rings (SSSR count). The number of allylic oxidation sites excluding steroid dienone is 1. The smallest absolute Gasteiger partial charge is 0.342 e. The van der Waals surface area contributed by atoms with E-state index in [4.69, 9.17) is 14.9 Å². The standard InChI is InChI=1S/C22H27N3O5/c1-7-29-20(27)16-13(4)30-19(17(16)18(23)26)24-21(28)25-22(5,6)15-10-8-9-14(11-15)12(2)3/h8-11H,2,7H2,1,3-6H3,(H2,23,26)(H2,24,25,28). The average Bonchev–Trinajstić information content (AvgIpc) is 2.97. The van der Waals surface area contributed by atoms with Crippen LogP contribution in [0.4, 0.5) is 10.7 Å². The van der Waals surface area contributed by atoms with E-state index in [1.54, 1.807) is 6.92 Å². The number of rotatable bonds is 7. The van der Waals surface area contributed by atoms with Crippen molar-refractivity contribution in [3.05, 3.63) is 58.9 Å². The average molecular weight is 413 g/mol. The summed E-state index contributed by atoms with van der Waals surface area (Å²) >= 11 is 0. The Kier molecular flexibility index (Phi) is 6.71. The topological polar surface area (TPSA) is 124 Å². The third-order valence-corrected chi connectivity index (χ3v) is 4.54. The molecule has 1 heterocycles. The predicted molar refractivity (Wildman–Crippen MR) is 114 cm³/mol. The summed E-state index contributed by atoms with van der Waals surface area (Å²) in [4.78, 5) is 36.7. The molecule has 3 amide bonds. The summed E-state index contributed by atoms with van der Waals surface area (Å²) in [5.41, 5.74) is 7.04. The number of benzene rings is 1. The molecule has 8 heteroatoms. The van der Waals surface area contributed by atoms with Crippen LogP contribution in [0.5, 0.6) is 0 Å². The number of carbonyl (C=O) groups excluding carboxylic acids is 3. The van der Waals surface area contributed by atoms with Crippen molar-refractivity contribution < 1.29 is 23.5 Å². The zero-order chi connectivity index (χ0) is 22.6. The Morgan fingerprint density at radius 3 is 2.47 bits per heavy atom. The predicted octanol–water partition coefficient (Wildman–Crippen LogP) is 3.95. The monoisotopic (exact) mass is 413 g/mol. The van der Waals surface area contributed by atoms with Gasteiger partial charge in [-0.1, -0.05) is 30.4 Å². The molecule has 0 atom stereocenters. The number of urea groups is 1. The highest BCUT2D eigenvalue weighted by molar-refractivity contribution is 6.10. The van der Waals surface area contributed by atoms with E-state index in [-0.39, 0.29) is 29.4 Å². The summed E-state index contributed by atoms with van der Waals surface area (Å²) in [5.74, 6) is -1.77. The minimum atomic E-state index is -0.918. The van der Waals surface area contributed by atoms with Gasteiger partial charge in [-0.2, -0.15) is 0 Å². The third-order valence-electron chi connectivity index (χ3n) is 4.54. The number of anilines is 1. The SMILES string of the molecule is C=C(C)c1cccc(C(C)(C)NC(=O)Nc2oc(C)c(C(=O)OCC)c2C(N)=O)c1. The summed E-state index contributed by atoms with van der Waals surface area (Å²) in [6.07, 6.45) is 0. The molecule has 0 aliphatic heterocycles. The second kappa shape index (κ2) is 8.86. The number of nitrogens with one attached hydrogen (secondary N) is 2. The maximum absolute atomic E-state index is 12.6. The molecule has 0 saturated heterocycles. The maximum atomic E-state index is 12.6. The van der Waals surface area contributed by atoms with Gasteiger partial charge in [-0.05, 0) is 51.8 Å². The lowest BCUT2D eigenvalue weighted by molar-refractivity contribution is 0.0521. The van der Waals surface area contributed by atoms with E-state index in [2.05, 4.69) is 17.2 Å². The normalized spacial score (nSPS) is 11.0. The molecule has 8 nitrogen and oxygen atoms in total. The number of furan rings is 1. The van der Waals surface area contributed by atoms with Gasteiger partial charge in [0.25, 0.3) is 5.91 Å². The van der Waals surface area contributed by atoms with Crippen LogP contribution in [-0.4, -0.2) is 24.5 Å². The Balaban J connectivity index is 2.29. The molecule has 0 unspecified atom stereocenters. The third kappa shape index (κ3) is 4.89. The molecule has 1 aromatic carbocycles. The molecular weight excluding hydrogens is 386 g/mol. The highest BCUT2D eigenvalue weighted by atomic mass is 16.5. The Morgan fingerprint density at radius 2 is 1.90 bits per heavy atom. The fourth-order valence-corrected chi connectivity index (χ4v) is 2.98. The highest BCUT2D eigenvalue weighted by Gasteiger charge is 2.30. The van der Waals surface area contributed by atoms with Crippen LogP contribution in [0, 0.1) is 6.92 Å². The van der Waals surface area contributed by atoms with Crippen molar-refractivity contribution in [1.29, 1.82) is 0 Å². The van der Waals surface area contributed by atoms with Crippen molar-refractivity contribution in [3.8, 4) is 0 Å². The first-order valence-electron chi connectivity index (χ1n) is 9.43. The first kappa shape index (κ1) is 22.7. The molecule has 0 aliphatic carbocycles. The molecular formula is C22H27N3O5. The summed E-state index contributed by atoms with van der Waals surface area (Å²) in [6.45, 7) is 12.7. The van der Waals surface area contributed by atoms with E-state index in [1.807, 2.05) is 45.0 Å². The quantitative estimate of drug-likeness (QED) is 0.593. The van der Waals surface area contributed by atoms with Gasteiger partial charge in [0.05, 0.1) is 12.1 Å². The number of primary amides is 1. The van der Waals surface area contributed by atoms with Gasteiger partial charge in [0, 0.05) is 0 Å². The lowest BCUT2D eigenvalue weighted by Gasteiger charge is -2.27. The Labute approximate surface area is 175 Å². The first-order chi connectivity index (χ1) is 14.0. The van der Waals surface area contributed by atoms with E-state index < -0.39 is 23.4 Å². The van der Waals surface area contributed by atoms with Crippen LogP contribution in [0.1, 0.15) is 65.3 Å². The van der Waals surface area contributed by atoms with Crippen LogP contribution < -0.4 is 16.4 Å². The number of nitrogens with two attached hydrogens (primary N) is 1. The molecule has 2 aromatic rings. The number of hydrogen-bond donors (Lipinski definition) is 3. The second-order valence-corrected chi connectivity index (χ2v) is 7.39. The highest BCUT2D eigenvalue weighted by Crippen LogP contribution is 2.28. The molecule has 0 saturated carbocycles. The number of amides is 3. The van der Waals surface area contributed by atoms with Crippen molar-refractivity contribution >= 4 is 29.4 Å². The van der Waals surface area contributed by atoms with E-state index in [0.717, 1.165) is 16.7 Å². The zero-order valence-electron chi connectivity index (χ0n) is 17.8. The van der Waals surface area contributed by atoms with Crippen LogP contribution in [0.25, 0.3) is 5.57 Å². The van der Waals surface area contributed by atoms with E-state index in [0.29, 0.717) is 0 Å². The molecule has 160 valence electrons. The van der Waals surface area contributed by atoms with Crippen LogP contribution in [-0.2, 0) is 10.3 Å². The molecule has 0 aliphatic rings. The number of aryl methyl sites for hydroxylation is 1. The Hall–Kier alpha value is -3.55. The van der Waals surface area contributed by atoms with Crippen molar-refractivity contribution in [2.45, 2.75) is 40.2 Å². The van der Waals surface area contributed by atoms with Crippen LogP contribution >= 0.6 is 0 Å². The molecule has 0 radical (unpaired) electrons. The number of esters is 1. The van der Waals surface area contributed by atoms with Crippen LogP contribution in [0.3, 0.4) is 0 Å². The molecule has 0 fully saturated rings. The van der Waals surface area contributed by atoms with Gasteiger partial charge in [0.2, 0.25) is 5.88 Å². The van der Waals surface area contributed by atoms with Crippen LogP contribution in [0.2, 0.25) is 0 Å². The van der Waals surface area contributed by atoms with Gasteiger partial charge in [0.15, 0.2) is 0 Å². The van der Waals surface area contributed by atoms with E-state index in [9.17, 15) is 14.4 Å². The lowest BCUT2D eigenvalue weighted by atomic mass is 9.92. The summed E-state index contributed by atoms with van der Waals surface area (Å²) in [5, 5.41) is 5.30. The minimum absolute atomic E-state index is 0.104. The van der Waals surface area contributed by atoms with Crippen molar-refractivity contribution in [1.82, 2.24) is 5.32 Å². The minimum Gasteiger partial charge on any atom is -0.462 e. The number of carbonyl (C=O) groups is 3.